The summed E-state index contributed by atoms with van der Waals surface area (Å²) < 4.78 is 4.47. The summed E-state index contributed by atoms with van der Waals surface area (Å²) in [7, 11) is 0. The van der Waals surface area contributed by atoms with Crippen LogP contribution in [0.25, 0.3) is 5.52 Å². The molecule has 4 heterocycles. The summed E-state index contributed by atoms with van der Waals surface area (Å²) in [6, 6.07) is 6.34. The van der Waals surface area contributed by atoms with E-state index < -0.39 is 0 Å². The second-order valence-corrected chi connectivity index (χ2v) is 6.93. The molecule has 0 unspecified atom stereocenters. The molecule has 0 saturated carbocycles. The lowest BCUT2D eigenvalue weighted by Gasteiger charge is -2.32. The van der Waals surface area contributed by atoms with Gasteiger partial charge in [0.25, 0.3) is 0 Å². The standard InChI is InChI=1S/C19H25N5/c1-15-20-8-11-23(15)13-17-6-5-9-22(12-17)14-18-19-7-3-4-10-24(19)16(2)21-18/h3-4,7-8,10-11,17H,5-6,9,12-14H2,1-2H3/t17-/m1/s1. The zero-order chi connectivity index (χ0) is 16.5. The minimum atomic E-state index is 0.696. The van der Waals surface area contributed by atoms with Crippen LogP contribution >= 0.6 is 0 Å². The molecule has 1 atom stereocenters. The van der Waals surface area contributed by atoms with Crippen molar-refractivity contribution in [3.05, 3.63) is 54.1 Å². The van der Waals surface area contributed by atoms with Crippen molar-refractivity contribution >= 4 is 5.52 Å². The maximum atomic E-state index is 4.80. The monoisotopic (exact) mass is 323 g/mol. The molecule has 5 heteroatoms. The number of rotatable bonds is 4. The third-order valence-corrected chi connectivity index (χ3v) is 5.16. The van der Waals surface area contributed by atoms with Crippen molar-refractivity contribution in [3.63, 3.8) is 0 Å². The Morgan fingerprint density at radius 3 is 2.92 bits per heavy atom. The fourth-order valence-corrected chi connectivity index (χ4v) is 3.91. The van der Waals surface area contributed by atoms with E-state index in [2.05, 4.69) is 63.3 Å². The molecule has 126 valence electrons. The molecular formula is C19H25N5. The van der Waals surface area contributed by atoms with Gasteiger partial charge in [0.05, 0.1) is 11.2 Å². The van der Waals surface area contributed by atoms with Gasteiger partial charge < -0.3 is 8.97 Å². The topological polar surface area (TPSA) is 38.4 Å². The van der Waals surface area contributed by atoms with Crippen LogP contribution in [0.1, 0.15) is 30.2 Å². The van der Waals surface area contributed by atoms with E-state index in [-0.39, 0.29) is 0 Å². The summed E-state index contributed by atoms with van der Waals surface area (Å²) in [5, 5.41) is 0. The van der Waals surface area contributed by atoms with Crippen LogP contribution in [-0.4, -0.2) is 36.9 Å². The van der Waals surface area contributed by atoms with E-state index in [4.69, 9.17) is 4.98 Å². The first-order valence-electron chi connectivity index (χ1n) is 8.83. The van der Waals surface area contributed by atoms with Crippen LogP contribution in [0.4, 0.5) is 0 Å². The van der Waals surface area contributed by atoms with Gasteiger partial charge in [0.2, 0.25) is 0 Å². The third kappa shape index (κ3) is 2.96. The highest BCUT2D eigenvalue weighted by Crippen LogP contribution is 2.22. The minimum absolute atomic E-state index is 0.696. The zero-order valence-corrected chi connectivity index (χ0v) is 14.5. The number of hydrogen-bond donors (Lipinski definition) is 0. The van der Waals surface area contributed by atoms with Crippen molar-refractivity contribution in [1.29, 1.82) is 0 Å². The largest absolute Gasteiger partial charge is 0.335 e. The number of pyridine rings is 1. The van der Waals surface area contributed by atoms with E-state index in [0.717, 1.165) is 31.3 Å². The van der Waals surface area contributed by atoms with Crippen molar-refractivity contribution < 1.29 is 0 Å². The smallest absolute Gasteiger partial charge is 0.110 e. The first-order chi connectivity index (χ1) is 11.7. The molecule has 3 aromatic rings. The zero-order valence-electron chi connectivity index (χ0n) is 14.5. The van der Waals surface area contributed by atoms with E-state index in [0.29, 0.717) is 5.92 Å². The summed E-state index contributed by atoms with van der Waals surface area (Å²) in [5.41, 5.74) is 2.44. The lowest BCUT2D eigenvalue weighted by molar-refractivity contribution is 0.154. The Hall–Kier alpha value is -2.14. The highest BCUT2D eigenvalue weighted by Gasteiger charge is 2.22. The van der Waals surface area contributed by atoms with Gasteiger partial charge in [-0.25, -0.2) is 9.97 Å². The number of piperidine rings is 1. The molecule has 1 aliphatic heterocycles. The van der Waals surface area contributed by atoms with E-state index >= 15 is 0 Å². The second kappa shape index (κ2) is 6.40. The third-order valence-electron chi connectivity index (χ3n) is 5.16. The van der Waals surface area contributed by atoms with E-state index in [1.807, 2.05) is 6.20 Å². The predicted molar refractivity (Wildman–Crippen MR) is 94.9 cm³/mol. The Bertz CT molecular complexity index is 831. The quantitative estimate of drug-likeness (QED) is 0.741. The molecule has 1 saturated heterocycles. The number of hydrogen-bond acceptors (Lipinski definition) is 3. The summed E-state index contributed by atoms with van der Waals surface area (Å²) in [6.45, 7) is 8.50. The number of aryl methyl sites for hydroxylation is 2. The number of imidazole rings is 2. The van der Waals surface area contributed by atoms with Crippen molar-refractivity contribution in [1.82, 2.24) is 23.8 Å². The first kappa shape index (κ1) is 15.4. The molecule has 0 aromatic carbocycles. The van der Waals surface area contributed by atoms with Crippen molar-refractivity contribution in [3.8, 4) is 0 Å². The van der Waals surface area contributed by atoms with Crippen LogP contribution in [0.2, 0.25) is 0 Å². The van der Waals surface area contributed by atoms with Crippen molar-refractivity contribution in [2.24, 2.45) is 5.92 Å². The Kier molecular flexibility index (Phi) is 4.10. The summed E-state index contributed by atoms with van der Waals surface area (Å²) in [4.78, 5) is 11.7. The molecule has 1 fully saturated rings. The van der Waals surface area contributed by atoms with Crippen LogP contribution < -0.4 is 0 Å². The second-order valence-electron chi connectivity index (χ2n) is 6.93. The molecule has 3 aromatic heterocycles. The molecule has 24 heavy (non-hydrogen) atoms. The normalized spacial score (nSPS) is 19.2. The number of fused-ring (bicyclic) bond motifs is 1. The maximum absolute atomic E-state index is 4.80. The molecule has 0 N–H and O–H groups in total. The Labute approximate surface area is 143 Å². The van der Waals surface area contributed by atoms with E-state index in [1.165, 1.54) is 30.6 Å². The molecule has 5 nitrogen and oxygen atoms in total. The minimum Gasteiger partial charge on any atom is -0.335 e. The van der Waals surface area contributed by atoms with E-state index in [1.54, 1.807) is 0 Å². The molecule has 4 rings (SSSR count). The van der Waals surface area contributed by atoms with Crippen molar-refractivity contribution in [2.75, 3.05) is 13.1 Å². The van der Waals surface area contributed by atoms with Gasteiger partial charge in [0, 0.05) is 38.2 Å². The molecule has 0 bridgehead atoms. The van der Waals surface area contributed by atoms with Gasteiger partial charge >= 0.3 is 0 Å². The van der Waals surface area contributed by atoms with E-state index in [9.17, 15) is 0 Å². The van der Waals surface area contributed by atoms with Crippen molar-refractivity contribution in [2.45, 2.75) is 39.8 Å². The number of likely N-dealkylation sites (tertiary alicyclic amines) is 1. The highest BCUT2D eigenvalue weighted by atomic mass is 15.2. The van der Waals surface area contributed by atoms with Crippen LogP contribution in [0, 0.1) is 19.8 Å². The fourth-order valence-electron chi connectivity index (χ4n) is 3.91. The number of aromatic nitrogens is 4. The average molecular weight is 323 g/mol. The van der Waals surface area contributed by atoms with Gasteiger partial charge in [0.1, 0.15) is 11.6 Å². The Morgan fingerprint density at radius 1 is 1.17 bits per heavy atom. The summed E-state index contributed by atoms with van der Waals surface area (Å²) in [6.07, 6.45) is 8.67. The maximum Gasteiger partial charge on any atom is 0.110 e. The van der Waals surface area contributed by atoms with Crippen LogP contribution in [0.15, 0.2) is 36.8 Å². The van der Waals surface area contributed by atoms with Gasteiger partial charge in [-0.05, 0) is 51.3 Å². The lowest BCUT2D eigenvalue weighted by Crippen LogP contribution is -2.36. The molecule has 0 amide bonds. The predicted octanol–water partition coefficient (Wildman–Crippen LogP) is 3.06. The Morgan fingerprint density at radius 2 is 2.08 bits per heavy atom. The molecular weight excluding hydrogens is 298 g/mol. The molecule has 0 radical (unpaired) electrons. The summed E-state index contributed by atoms with van der Waals surface area (Å²) >= 11 is 0. The first-order valence-corrected chi connectivity index (χ1v) is 8.83. The SMILES string of the molecule is Cc1nccn1C[C@@H]1CCCN(Cc2nc(C)n3ccccc23)C1. The number of nitrogens with zero attached hydrogens (tertiary/aromatic N) is 5. The van der Waals surface area contributed by atoms with Gasteiger partial charge in [0.15, 0.2) is 0 Å². The van der Waals surface area contributed by atoms with Crippen LogP contribution in [0.3, 0.4) is 0 Å². The van der Waals surface area contributed by atoms with Gasteiger partial charge in [-0.3, -0.25) is 4.90 Å². The fraction of sp³-hybridized carbons (Fsp3) is 0.474. The molecule has 0 aliphatic carbocycles. The average Bonchev–Trinajstić information content (AvgIpc) is 3.13. The molecule has 1 aliphatic rings. The summed E-state index contributed by atoms with van der Waals surface area (Å²) in [5.74, 6) is 2.88. The van der Waals surface area contributed by atoms with Crippen LogP contribution in [0.5, 0.6) is 0 Å². The highest BCUT2D eigenvalue weighted by molar-refractivity contribution is 5.53. The van der Waals surface area contributed by atoms with Crippen LogP contribution in [-0.2, 0) is 13.1 Å². The molecule has 0 spiro atoms. The van der Waals surface area contributed by atoms with Gasteiger partial charge in [-0.15, -0.1) is 0 Å². The Balaban J connectivity index is 1.47. The van der Waals surface area contributed by atoms with Gasteiger partial charge in [-0.1, -0.05) is 6.07 Å². The lowest BCUT2D eigenvalue weighted by atomic mass is 9.97. The van der Waals surface area contributed by atoms with Gasteiger partial charge in [-0.2, -0.15) is 0 Å².